The van der Waals surface area contributed by atoms with E-state index in [0.717, 1.165) is 11.5 Å². The Morgan fingerprint density at radius 3 is 2.93 bits per heavy atom. The van der Waals surface area contributed by atoms with Crippen LogP contribution in [0.25, 0.3) is 0 Å². The van der Waals surface area contributed by atoms with E-state index >= 15 is 0 Å². The first-order valence-electron chi connectivity index (χ1n) is 4.59. The molecule has 3 N–H and O–H groups in total. The zero-order chi connectivity index (χ0) is 9.97. The fourth-order valence-corrected chi connectivity index (χ4v) is 1.79. The minimum absolute atomic E-state index is 0. The highest BCUT2D eigenvalue weighted by Gasteiger charge is 2.31. The van der Waals surface area contributed by atoms with Crippen LogP contribution in [0.5, 0.6) is 0 Å². The van der Waals surface area contributed by atoms with Gasteiger partial charge in [0.2, 0.25) is 0 Å². The van der Waals surface area contributed by atoms with E-state index in [1.807, 2.05) is 0 Å². The summed E-state index contributed by atoms with van der Waals surface area (Å²) in [5, 5.41) is 6.51. The third kappa shape index (κ3) is 3.12. The molecule has 0 aliphatic heterocycles. The van der Waals surface area contributed by atoms with Gasteiger partial charge in [-0.05, 0) is 30.3 Å². The van der Waals surface area contributed by atoms with Crippen molar-refractivity contribution in [3.8, 4) is 0 Å². The van der Waals surface area contributed by atoms with E-state index in [2.05, 4.69) is 14.9 Å². The molecule has 7 heteroatoms. The maximum Gasteiger partial charge on any atom is 0.264 e. The Hall–Kier alpha value is -0.720. The van der Waals surface area contributed by atoms with Crippen LogP contribution in [0.1, 0.15) is 22.5 Å². The van der Waals surface area contributed by atoms with Gasteiger partial charge in [0, 0.05) is 12.6 Å². The van der Waals surface area contributed by atoms with E-state index in [1.54, 1.807) is 0 Å². The zero-order valence-electron chi connectivity index (χ0n) is 8.05. The van der Waals surface area contributed by atoms with Crippen LogP contribution < -0.4 is 11.1 Å². The number of carbonyl (C=O) groups is 1. The summed E-state index contributed by atoms with van der Waals surface area (Å²) in [6.07, 6.45) is 3.81. The number of aromatic nitrogens is 2. The van der Waals surface area contributed by atoms with Crippen molar-refractivity contribution in [1.82, 2.24) is 14.9 Å². The molecule has 0 radical (unpaired) electrons. The smallest absolute Gasteiger partial charge is 0.264 e. The summed E-state index contributed by atoms with van der Waals surface area (Å²) in [5.74, 6) is 0.465. The molecule has 1 aromatic rings. The van der Waals surface area contributed by atoms with Gasteiger partial charge >= 0.3 is 0 Å². The first-order valence-corrected chi connectivity index (χ1v) is 5.37. The van der Waals surface area contributed by atoms with Gasteiger partial charge in [0.15, 0.2) is 0 Å². The first kappa shape index (κ1) is 12.4. The highest BCUT2D eigenvalue weighted by molar-refractivity contribution is 7.07. The van der Waals surface area contributed by atoms with Gasteiger partial charge in [0.25, 0.3) is 5.91 Å². The minimum atomic E-state index is -0.109. The molecule has 2 rings (SSSR count). The lowest BCUT2D eigenvalue weighted by atomic mass is 10.2. The van der Waals surface area contributed by atoms with Gasteiger partial charge in [-0.2, -0.15) is 0 Å². The molecule has 15 heavy (non-hydrogen) atoms. The summed E-state index contributed by atoms with van der Waals surface area (Å²) >= 11 is 1.10. The van der Waals surface area contributed by atoms with Gasteiger partial charge in [-0.1, -0.05) is 4.49 Å². The SMILES string of the molecule is Cl.NCC(NC(=O)c1cnns1)C1CC1. The molecular weight excluding hydrogens is 236 g/mol. The van der Waals surface area contributed by atoms with Crippen molar-refractivity contribution in [2.75, 3.05) is 6.54 Å². The summed E-state index contributed by atoms with van der Waals surface area (Å²) in [6.45, 7) is 0.503. The maximum absolute atomic E-state index is 11.6. The molecule has 0 saturated heterocycles. The van der Waals surface area contributed by atoms with E-state index in [-0.39, 0.29) is 24.4 Å². The van der Waals surface area contributed by atoms with Gasteiger partial charge in [0.1, 0.15) is 4.88 Å². The van der Waals surface area contributed by atoms with Crippen molar-refractivity contribution in [1.29, 1.82) is 0 Å². The number of nitrogens with two attached hydrogens (primary N) is 1. The normalized spacial score (nSPS) is 16.6. The molecule has 5 nitrogen and oxygen atoms in total. The maximum atomic E-state index is 11.6. The van der Waals surface area contributed by atoms with E-state index in [4.69, 9.17) is 5.73 Å². The molecule has 1 heterocycles. The van der Waals surface area contributed by atoms with Gasteiger partial charge in [-0.25, -0.2) is 0 Å². The summed E-state index contributed by atoms with van der Waals surface area (Å²) in [7, 11) is 0. The molecule has 1 aromatic heterocycles. The first-order chi connectivity index (χ1) is 6.81. The van der Waals surface area contributed by atoms with E-state index < -0.39 is 0 Å². The predicted octanol–water partition coefficient (Wildman–Crippen LogP) is 0.427. The summed E-state index contributed by atoms with van der Waals surface area (Å²) in [4.78, 5) is 12.1. The molecule has 0 bridgehead atoms. The molecule has 0 spiro atoms. The van der Waals surface area contributed by atoms with Gasteiger partial charge < -0.3 is 11.1 Å². The van der Waals surface area contributed by atoms with Crippen LogP contribution in [0.3, 0.4) is 0 Å². The fraction of sp³-hybridized carbons (Fsp3) is 0.625. The number of nitrogens with zero attached hydrogens (tertiary/aromatic N) is 2. The Bertz CT molecular complexity index is 314. The van der Waals surface area contributed by atoms with Gasteiger partial charge in [-0.15, -0.1) is 17.5 Å². The minimum Gasteiger partial charge on any atom is -0.347 e. The number of nitrogens with one attached hydrogen (secondary N) is 1. The number of carbonyl (C=O) groups excluding carboxylic acids is 1. The van der Waals surface area contributed by atoms with Crippen molar-refractivity contribution in [2.24, 2.45) is 11.7 Å². The molecule has 0 aromatic carbocycles. The lowest BCUT2D eigenvalue weighted by molar-refractivity contribution is 0.0937. The lowest BCUT2D eigenvalue weighted by Crippen LogP contribution is -2.41. The Kier molecular flexibility index (Phi) is 4.44. The van der Waals surface area contributed by atoms with Crippen LogP contribution in [0.2, 0.25) is 0 Å². The summed E-state index contributed by atoms with van der Waals surface area (Å²) in [5.41, 5.74) is 5.57. The second-order valence-electron chi connectivity index (χ2n) is 3.43. The van der Waals surface area contributed by atoms with Crippen molar-refractivity contribution in [2.45, 2.75) is 18.9 Å². The number of halogens is 1. The Morgan fingerprint density at radius 1 is 1.73 bits per heavy atom. The molecule has 1 fully saturated rings. The Balaban J connectivity index is 0.00000112. The predicted molar refractivity (Wildman–Crippen MR) is 60.2 cm³/mol. The van der Waals surface area contributed by atoms with Crippen LogP contribution >= 0.6 is 23.9 Å². The number of amides is 1. The lowest BCUT2D eigenvalue weighted by Gasteiger charge is -2.14. The number of hydrogen-bond acceptors (Lipinski definition) is 5. The van der Waals surface area contributed by atoms with E-state index in [0.29, 0.717) is 17.3 Å². The topological polar surface area (TPSA) is 80.9 Å². The number of rotatable bonds is 4. The van der Waals surface area contributed by atoms with Crippen LogP contribution in [0.4, 0.5) is 0 Å². The van der Waals surface area contributed by atoms with Crippen LogP contribution in [0.15, 0.2) is 6.20 Å². The molecule has 1 aliphatic rings. The number of hydrogen-bond donors (Lipinski definition) is 2. The Labute approximate surface area is 98.0 Å². The highest BCUT2D eigenvalue weighted by atomic mass is 35.5. The van der Waals surface area contributed by atoms with Gasteiger partial charge in [-0.3, -0.25) is 4.79 Å². The molecular formula is C8H13ClN4OS. The molecule has 1 saturated carbocycles. The standard InChI is InChI=1S/C8H12N4OS.ClH/c9-3-6(5-1-2-5)11-8(13)7-4-10-12-14-7;/h4-6H,1-3,9H2,(H,11,13);1H. The largest absolute Gasteiger partial charge is 0.347 e. The second-order valence-corrected chi connectivity index (χ2v) is 4.22. The van der Waals surface area contributed by atoms with Crippen molar-refractivity contribution in [3.05, 3.63) is 11.1 Å². The van der Waals surface area contributed by atoms with E-state index in [1.165, 1.54) is 19.0 Å². The van der Waals surface area contributed by atoms with Crippen molar-refractivity contribution >= 4 is 29.8 Å². The average molecular weight is 249 g/mol. The monoisotopic (exact) mass is 248 g/mol. The molecule has 1 aliphatic carbocycles. The quantitative estimate of drug-likeness (QED) is 0.810. The highest BCUT2D eigenvalue weighted by Crippen LogP contribution is 2.32. The van der Waals surface area contributed by atoms with Crippen LogP contribution in [-0.4, -0.2) is 28.1 Å². The average Bonchev–Trinajstić information content (AvgIpc) is 2.88. The summed E-state index contributed by atoms with van der Waals surface area (Å²) < 4.78 is 3.64. The molecule has 1 atom stereocenters. The summed E-state index contributed by atoms with van der Waals surface area (Å²) in [6, 6.07) is 0.115. The van der Waals surface area contributed by atoms with Crippen molar-refractivity contribution < 1.29 is 4.79 Å². The van der Waals surface area contributed by atoms with Crippen LogP contribution in [0, 0.1) is 5.92 Å². The van der Waals surface area contributed by atoms with Crippen molar-refractivity contribution in [3.63, 3.8) is 0 Å². The molecule has 1 unspecified atom stereocenters. The fourth-order valence-electron chi connectivity index (χ4n) is 1.37. The second kappa shape index (κ2) is 5.39. The van der Waals surface area contributed by atoms with E-state index in [9.17, 15) is 4.79 Å². The Morgan fingerprint density at radius 2 is 2.47 bits per heavy atom. The third-order valence-electron chi connectivity index (χ3n) is 2.35. The third-order valence-corrected chi connectivity index (χ3v) is 3.01. The van der Waals surface area contributed by atoms with Crippen LogP contribution in [-0.2, 0) is 0 Å². The zero-order valence-corrected chi connectivity index (χ0v) is 9.68. The molecule has 84 valence electrons. The molecule has 1 amide bonds. The van der Waals surface area contributed by atoms with Gasteiger partial charge in [0.05, 0.1) is 6.20 Å².